The molecule has 8 heteroatoms. The summed E-state index contributed by atoms with van der Waals surface area (Å²) in [4.78, 5) is 24.6. The highest BCUT2D eigenvalue weighted by atomic mass is 16.2. The number of fused-ring (bicyclic) bond motifs is 5. The Balaban J connectivity index is 1.84. The van der Waals surface area contributed by atoms with E-state index in [1.165, 1.54) is 0 Å². The topological polar surface area (TPSA) is 115 Å². The minimum Gasteiger partial charge on any atom is -0.372 e. The lowest BCUT2D eigenvalue weighted by molar-refractivity contribution is -0.119. The van der Waals surface area contributed by atoms with E-state index in [-0.39, 0.29) is 11.9 Å². The maximum atomic E-state index is 13.3. The Bertz CT molecular complexity index is 1130. The van der Waals surface area contributed by atoms with Crippen molar-refractivity contribution in [2.75, 3.05) is 29.9 Å². The van der Waals surface area contributed by atoms with Crippen molar-refractivity contribution >= 4 is 34.3 Å². The lowest BCUT2D eigenvalue weighted by Crippen LogP contribution is -2.25. The Morgan fingerprint density at radius 2 is 1.97 bits per heavy atom. The number of nitrogens with zero attached hydrogens (tertiary/aromatic N) is 4. The van der Waals surface area contributed by atoms with Gasteiger partial charge in [0, 0.05) is 30.9 Å². The SMILES string of the molecule is CCN(CC)c1ccc2c(c1)-c1nc3ccccc3n1C(CCCN=C(N)N)C(=O)N2. The van der Waals surface area contributed by atoms with Crippen molar-refractivity contribution in [1.82, 2.24) is 9.55 Å². The molecule has 162 valence electrons. The molecule has 0 saturated carbocycles. The highest BCUT2D eigenvalue weighted by Gasteiger charge is 2.31. The zero-order valence-corrected chi connectivity index (χ0v) is 18.0. The Labute approximate surface area is 181 Å². The lowest BCUT2D eigenvalue weighted by atomic mass is 10.1. The fourth-order valence-corrected chi connectivity index (χ4v) is 4.25. The van der Waals surface area contributed by atoms with Crippen LogP contribution < -0.4 is 21.7 Å². The highest BCUT2D eigenvalue weighted by Crippen LogP contribution is 2.39. The second kappa shape index (κ2) is 8.67. The van der Waals surface area contributed by atoms with Gasteiger partial charge in [-0.1, -0.05) is 12.1 Å². The number of hydrogen-bond acceptors (Lipinski definition) is 4. The first-order chi connectivity index (χ1) is 15.0. The molecule has 0 radical (unpaired) electrons. The van der Waals surface area contributed by atoms with Gasteiger partial charge < -0.3 is 26.3 Å². The Kier molecular flexibility index (Phi) is 5.79. The molecule has 0 saturated heterocycles. The molecule has 3 aromatic rings. The standard InChI is InChI=1S/C23H29N7O/c1-3-29(4-2)15-11-12-17-16(14-15)21-27-18-8-5-6-9-19(18)30(21)20(22(31)28-17)10-7-13-26-23(24)25/h5-6,8-9,11-12,14,20H,3-4,7,10,13H2,1-2H3,(H,28,31)(H4,24,25,26). The molecule has 1 atom stereocenters. The van der Waals surface area contributed by atoms with Gasteiger partial charge in [0.05, 0.1) is 16.7 Å². The van der Waals surface area contributed by atoms with Gasteiger partial charge in [-0.3, -0.25) is 9.79 Å². The first-order valence-corrected chi connectivity index (χ1v) is 10.8. The van der Waals surface area contributed by atoms with Crippen molar-refractivity contribution in [1.29, 1.82) is 0 Å². The van der Waals surface area contributed by atoms with Crippen LogP contribution in [-0.4, -0.2) is 41.1 Å². The van der Waals surface area contributed by atoms with E-state index in [1.807, 2.05) is 30.3 Å². The number of rotatable bonds is 7. The molecule has 31 heavy (non-hydrogen) atoms. The molecule has 2 heterocycles. The van der Waals surface area contributed by atoms with E-state index >= 15 is 0 Å². The summed E-state index contributed by atoms with van der Waals surface area (Å²) in [5, 5.41) is 3.12. The molecule has 0 aliphatic carbocycles. The summed E-state index contributed by atoms with van der Waals surface area (Å²) in [5.41, 5.74) is 15.5. The van der Waals surface area contributed by atoms with E-state index in [0.717, 1.165) is 46.9 Å². The van der Waals surface area contributed by atoms with E-state index < -0.39 is 6.04 Å². The third-order valence-electron chi connectivity index (χ3n) is 5.77. The van der Waals surface area contributed by atoms with Crippen LogP contribution in [0, 0.1) is 0 Å². The molecule has 1 aliphatic heterocycles. The zero-order chi connectivity index (χ0) is 22.0. The minimum atomic E-state index is -0.402. The molecular formula is C23H29N7O. The zero-order valence-electron chi connectivity index (χ0n) is 18.0. The highest BCUT2D eigenvalue weighted by molar-refractivity contribution is 6.02. The monoisotopic (exact) mass is 419 g/mol. The summed E-state index contributed by atoms with van der Waals surface area (Å²) in [6, 6.07) is 13.7. The number of carbonyl (C=O) groups is 1. The fraction of sp³-hybridized carbons (Fsp3) is 0.348. The van der Waals surface area contributed by atoms with Gasteiger partial charge in [0.15, 0.2) is 5.96 Å². The number of aromatic nitrogens is 2. The fourth-order valence-electron chi connectivity index (χ4n) is 4.25. The Morgan fingerprint density at radius 1 is 1.19 bits per heavy atom. The normalized spacial score (nSPS) is 15.0. The van der Waals surface area contributed by atoms with Gasteiger partial charge in [-0.2, -0.15) is 0 Å². The van der Waals surface area contributed by atoms with Crippen molar-refractivity contribution in [2.45, 2.75) is 32.7 Å². The van der Waals surface area contributed by atoms with E-state index in [4.69, 9.17) is 16.5 Å². The molecule has 1 amide bonds. The van der Waals surface area contributed by atoms with Crippen LogP contribution in [0.3, 0.4) is 0 Å². The summed E-state index contributed by atoms with van der Waals surface area (Å²) in [6.07, 6.45) is 1.29. The molecule has 1 unspecified atom stereocenters. The maximum absolute atomic E-state index is 13.3. The lowest BCUT2D eigenvalue weighted by Gasteiger charge is -2.22. The molecule has 1 aromatic heterocycles. The smallest absolute Gasteiger partial charge is 0.247 e. The first-order valence-electron chi connectivity index (χ1n) is 10.8. The van der Waals surface area contributed by atoms with Crippen LogP contribution in [-0.2, 0) is 4.79 Å². The van der Waals surface area contributed by atoms with Crippen LogP contribution in [0.1, 0.15) is 32.7 Å². The van der Waals surface area contributed by atoms with Gasteiger partial charge in [0.25, 0.3) is 0 Å². The predicted molar refractivity (Wildman–Crippen MR) is 126 cm³/mol. The maximum Gasteiger partial charge on any atom is 0.247 e. The molecule has 0 bridgehead atoms. The van der Waals surface area contributed by atoms with Crippen molar-refractivity contribution in [3.05, 3.63) is 42.5 Å². The van der Waals surface area contributed by atoms with Gasteiger partial charge in [-0.25, -0.2) is 4.98 Å². The molecular weight excluding hydrogens is 390 g/mol. The second-order valence-electron chi connectivity index (χ2n) is 7.65. The molecule has 2 aromatic carbocycles. The third kappa shape index (κ3) is 3.93. The van der Waals surface area contributed by atoms with Crippen molar-refractivity contribution < 1.29 is 4.79 Å². The first kappa shape index (κ1) is 20.7. The van der Waals surface area contributed by atoms with E-state index in [9.17, 15) is 4.79 Å². The number of imidazole rings is 1. The van der Waals surface area contributed by atoms with Crippen molar-refractivity contribution in [3.8, 4) is 11.4 Å². The van der Waals surface area contributed by atoms with Gasteiger partial charge >= 0.3 is 0 Å². The van der Waals surface area contributed by atoms with Gasteiger partial charge in [0.1, 0.15) is 11.9 Å². The Morgan fingerprint density at radius 3 is 2.71 bits per heavy atom. The summed E-state index contributed by atoms with van der Waals surface area (Å²) in [7, 11) is 0. The van der Waals surface area contributed by atoms with Crippen LogP contribution in [0.4, 0.5) is 11.4 Å². The molecule has 0 fully saturated rings. The largest absolute Gasteiger partial charge is 0.372 e. The van der Waals surface area contributed by atoms with E-state index in [0.29, 0.717) is 19.4 Å². The predicted octanol–water partition coefficient (Wildman–Crippen LogP) is 3.10. The summed E-state index contributed by atoms with van der Waals surface area (Å²) in [6.45, 7) is 6.57. The number of carbonyl (C=O) groups excluding carboxylic acids is 1. The summed E-state index contributed by atoms with van der Waals surface area (Å²) < 4.78 is 2.07. The number of benzene rings is 2. The van der Waals surface area contributed by atoms with Crippen molar-refractivity contribution in [2.24, 2.45) is 16.5 Å². The number of hydrogen-bond donors (Lipinski definition) is 3. The number of amides is 1. The molecule has 4 rings (SSSR count). The molecule has 5 N–H and O–H groups in total. The number of guanidine groups is 1. The quantitative estimate of drug-likeness (QED) is 0.309. The van der Waals surface area contributed by atoms with Crippen LogP contribution in [0.15, 0.2) is 47.5 Å². The van der Waals surface area contributed by atoms with E-state index in [2.05, 4.69) is 45.8 Å². The van der Waals surface area contributed by atoms with Crippen LogP contribution in [0.25, 0.3) is 22.4 Å². The van der Waals surface area contributed by atoms with Crippen LogP contribution >= 0.6 is 0 Å². The number of anilines is 2. The van der Waals surface area contributed by atoms with Gasteiger partial charge in [0.2, 0.25) is 5.91 Å². The third-order valence-corrected chi connectivity index (χ3v) is 5.77. The average Bonchev–Trinajstić information content (AvgIpc) is 3.09. The molecule has 0 spiro atoms. The number of para-hydroxylation sites is 2. The van der Waals surface area contributed by atoms with Crippen molar-refractivity contribution in [3.63, 3.8) is 0 Å². The second-order valence-corrected chi connectivity index (χ2v) is 7.65. The van der Waals surface area contributed by atoms with E-state index in [1.54, 1.807) is 0 Å². The average molecular weight is 420 g/mol. The van der Waals surface area contributed by atoms with Gasteiger partial charge in [-0.05, 0) is 57.0 Å². The molecule has 8 nitrogen and oxygen atoms in total. The molecule has 1 aliphatic rings. The van der Waals surface area contributed by atoms with Gasteiger partial charge in [-0.15, -0.1) is 0 Å². The van der Waals surface area contributed by atoms with Crippen LogP contribution in [0.2, 0.25) is 0 Å². The number of nitrogens with two attached hydrogens (primary N) is 2. The summed E-state index contributed by atoms with van der Waals surface area (Å²) in [5.74, 6) is 0.814. The number of nitrogens with one attached hydrogen (secondary N) is 1. The summed E-state index contributed by atoms with van der Waals surface area (Å²) >= 11 is 0. The Hall–Kier alpha value is -3.55. The van der Waals surface area contributed by atoms with Crippen LogP contribution in [0.5, 0.6) is 0 Å². The number of aliphatic imine (C=N–C) groups is 1. The minimum absolute atomic E-state index is 0.0524.